The highest BCUT2D eigenvalue weighted by Gasteiger charge is 2.10. The molecule has 2 aromatic heterocycles. The van der Waals surface area contributed by atoms with Crippen LogP contribution >= 0.6 is 0 Å². The number of hydrogen-bond donors (Lipinski definition) is 3. The van der Waals surface area contributed by atoms with Gasteiger partial charge in [0, 0.05) is 42.7 Å². The number of imidazole rings is 2. The quantitative estimate of drug-likeness (QED) is 0.376. The Bertz CT molecular complexity index is 581. The highest BCUT2D eigenvalue weighted by atomic mass is 16.5. The van der Waals surface area contributed by atoms with Gasteiger partial charge < -0.3 is 30.3 Å². The second kappa shape index (κ2) is 7.93. The molecule has 2 heterocycles. The standard InChI is InChI=1S/C13H18N6O3/c14-9(1-10-3-15-6-17-10)5-22-8-19-12(13(20)21)2-11-4-16-7-18-11/h3-4,6-9,12H,1-2,5,14H2,(H,15,17)(H,16,18)(H,20,21)/p-1. The summed E-state index contributed by atoms with van der Waals surface area (Å²) in [5, 5.41) is 11.0. The summed E-state index contributed by atoms with van der Waals surface area (Å²) in [5.41, 5.74) is 7.43. The van der Waals surface area contributed by atoms with Crippen LogP contribution < -0.4 is 10.8 Å². The van der Waals surface area contributed by atoms with Gasteiger partial charge in [0.25, 0.3) is 0 Å². The van der Waals surface area contributed by atoms with Crippen LogP contribution in [0.2, 0.25) is 0 Å². The van der Waals surface area contributed by atoms with E-state index in [0.717, 1.165) is 12.1 Å². The van der Waals surface area contributed by atoms with Crippen molar-refractivity contribution in [3.63, 3.8) is 0 Å². The Balaban J connectivity index is 1.75. The lowest BCUT2D eigenvalue weighted by molar-refractivity contribution is -0.307. The van der Waals surface area contributed by atoms with Gasteiger partial charge in [-0.2, -0.15) is 0 Å². The van der Waals surface area contributed by atoms with Gasteiger partial charge in [-0.25, -0.2) is 15.0 Å². The van der Waals surface area contributed by atoms with Gasteiger partial charge in [-0.1, -0.05) is 0 Å². The Kier molecular flexibility index (Phi) is 5.66. The molecule has 0 amide bonds. The Morgan fingerprint density at radius 2 is 1.95 bits per heavy atom. The van der Waals surface area contributed by atoms with Crippen molar-refractivity contribution in [1.82, 2.24) is 19.9 Å². The molecule has 2 aromatic rings. The van der Waals surface area contributed by atoms with E-state index in [4.69, 9.17) is 10.5 Å². The smallest absolute Gasteiger partial charge is 0.170 e. The van der Waals surface area contributed by atoms with Crippen molar-refractivity contribution in [2.24, 2.45) is 10.7 Å². The third-order valence-electron chi connectivity index (χ3n) is 2.90. The maximum absolute atomic E-state index is 11.0. The monoisotopic (exact) mass is 305 g/mol. The van der Waals surface area contributed by atoms with Crippen molar-refractivity contribution in [2.45, 2.75) is 24.9 Å². The van der Waals surface area contributed by atoms with Crippen LogP contribution in [-0.4, -0.2) is 51.0 Å². The van der Waals surface area contributed by atoms with Gasteiger partial charge in [0.2, 0.25) is 0 Å². The minimum absolute atomic E-state index is 0.155. The van der Waals surface area contributed by atoms with E-state index < -0.39 is 12.0 Å². The zero-order chi connectivity index (χ0) is 15.8. The van der Waals surface area contributed by atoms with Crippen molar-refractivity contribution in [1.29, 1.82) is 0 Å². The molecule has 2 rings (SSSR count). The van der Waals surface area contributed by atoms with Gasteiger partial charge in [-0.3, -0.25) is 0 Å². The predicted octanol–water partition coefficient (Wildman–Crippen LogP) is -1.59. The van der Waals surface area contributed by atoms with Crippen LogP contribution in [0.5, 0.6) is 0 Å². The lowest BCUT2D eigenvalue weighted by atomic mass is 10.2. The predicted molar refractivity (Wildman–Crippen MR) is 75.8 cm³/mol. The first-order valence-electron chi connectivity index (χ1n) is 6.69. The maximum Gasteiger partial charge on any atom is 0.170 e. The van der Waals surface area contributed by atoms with Crippen LogP contribution in [0.25, 0.3) is 0 Å². The minimum atomic E-state index is -1.28. The Labute approximate surface area is 126 Å². The SMILES string of the molecule is NC(COC=NC(Cc1cnc[nH]1)C(=O)[O-])Cc1cnc[nH]1. The highest BCUT2D eigenvalue weighted by Crippen LogP contribution is 2.01. The number of H-pyrrole nitrogens is 2. The van der Waals surface area contributed by atoms with E-state index in [9.17, 15) is 9.90 Å². The van der Waals surface area contributed by atoms with Crippen LogP contribution in [0.4, 0.5) is 0 Å². The molecule has 0 spiro atoms. The molecule has 0 aliphatic rings. The third kappa shape index (κ3) is 5.02. The van der Waals surface area contributed by atoms with Crippen LogP contribution in [-0.2, 0) is 22.4 Å². The number of carboxylic acids is 1. The van der Waals surface area contributed by atoms with Gasteiger partial charge in [0.15, 0.2) is 6.40 Å². The first kappa shape index (κ1) is 15.7. The first-order chi connectivity index (χ1) is 10.6. The minimum Gasteiger partial charge on any atom is -0.548 e. The fourth-order valence-electron chi connectivity index (χ4n) is 1.82. The van der Waals surface area contributed by atoms with Crippen molar-refractivity contribution < 1.29 is 14.6 Å². The number of hydrogen-bond acceptors (Lipinski definition) is 7. The van der Waals surface area contributed by atoms with Gasteiger partial charge in [0.05, 0.1) is 24.7 Å². The van der Waals surface area contributed by atoms with Gasteiger partial charge >= 0.3 is 0 Å². The van der Waals surface area contributed by atoms with Crippen molar-refractivity contribution in [3.05, 3.63) is 36.4 Å². The molecule has 0 aliphatic carbocycles. The summed E-state index contributed by atoms with van der Waals surface area (Å²) in [6, 6.07) is -1.29. The average Bonchev–Trinajstić information content (AvgIpc) is 3.15. The molecule has 2 atom stereocenters. The molecular weight excluding hydrogens is 288 g/mol. The maximum atomic E-state index is 11.0. The van der Waals surface area contributed by atoms with E-state index in [2.05, 4.69) is 24.9 Å². The zero-order valence-electron chi connectivity index (χ0n) is 11.8. The van der Waals surface area contributed by atoms with E-state index in [1.165, 1.54) is 12.5 Å². The summed E-state index contributed by atoms with van der Waals surface area (Å²) in [4.78, 5) is 28.3. The number of aliphatic carboxylic acids is 1. The lowest BCUT2D eigenvalue weighted by Gasteiger charge is -2.13. The summed E-state index contributed by atoms with van der Waals surface area (Å²) in [6.07, 6.45) is 8.09. The molecule has 4 N–H and O–H groups in total. The summed E-state index contributed by atoms with van der Waals surface area (Å²) in [7, 11) is 0. The number of aromatic amines is 2. The number of rotatable bonds is 9. The Hall–Kier alpha value is -2.68. The van der Waals surface area contributed by atoms with E-state index in [-0.39, 0.29) is 19.1 Å². The van der Waals surface area contributed by atoms with Gasteiger partial charge in [-0.15, -0.1) is 0 Å². The van der Waals surface area contributed by atoms with Crippen LogP contribution in [0.3, 0.4) is 0 Å². The second-order valence-corrected chi connectivity index (χ2v) is 4.74. The third-order valence-corrected chi connectivity index (χ3v) is 2.90. The molecule has 0 saturated carbocycles. The van der Waals surface area contributed by atoms with Crippen molar-refractivity contribution >= 4 is 12.4 Å². The number of carbonyl (C=O) groups is 1. The number of nitrogens with zero attached hydrogens (tertiary/aromatic N) is 3. The fraction of sp³-hybridized carbons (Fsp3) is 0.385. The number of ether oxygens (including phenoxy) is 1. The fourth-order valence-corrected chi connectivity index (χ4v) is 1.82. The zero-order valence-corrected chi connectivity index (χ0v) is 11.8. The normalized spacial score (nSPS) is 14.0. The van der Waals surface area contributed by atoms with Crippen molar-refractivity contribution in [2.75, 3.05) is 6.61 Å². The molecule has 0 radical (unpaired) electrons. The van der Waals surface area contributed by atoms with E-state index >= 15 is 0 Å². The molecule has 0 aliphatic heterocycles. The van der Waals surface area contributed by atoms with Crippen LogP contribution in [0, 0.1) is 0 Å². The molecular formula is C13H17N6O3-. The summed E-state index contributed by atoms with van der Waals surface area (Å²) in [5.74, 6) is -1.28. The molecule has 118 valence electrons. The van der Waals surface area contributed by atoms with Crippen LogP contribution in [0.1, 0.15) is 11.4 Å². The summed E-state index contributed by atoms with van der Waals surface area (Å²) < 4.78 is 5.18. The van der Waals surface area contributed by atoms with Crippen molar-refractivity contribution in [3.8, 4) is 0 Å². The van der Waals surface area contributed by atoms with E-state index in [1.807, 2.05) is 0 Å². The Morgan fingerprint density at radius 1 is 1.32 bits per heavy atom. The molecule has 0 fully saturated rings. The Morgan fingerprint density at radius 3 is 2.50 bits per heavy atom. The molecule has 0 saturated heterocycles. The number of nitrogens with two attached hydrogens (primary N) is 1. The number of carboxylic acid groups (broad SMARTS) is 1. The summed E-state index contributed by atoms with van der Waals surface area (Å²) in [6.45, 7) is 0.215. The second-order valence-electron chi connectivity index (χ2n) is 4.74. The molecule has 9 nitrogen and oxygen atoms in total. The van der Waals surface area contributed by atoms with Gasteiger partial charge in [0.1, 0.15) is 6.61 Å². The number of aliphatic imine (C=N–C) groups is 1. The van der Waals surface area contributed by atoms with Crippen LogP contribution in [0.15, 0.2) is 30.0 Å². The topological polar surface area (TPSA) is 145 Å². The molecule has 0 aromatic carbocycles. The lowest BCUT2D eigenvalue weighted by Crippen LogP contribution is -2.36. The molecule has 22 heavy (non-hydrogen) atoms. The highest BCUT2D eigenvalue weighted by molar-refractivity contribution is 5.73. The largest absolute Gasteiger partial charge is 0.548 e. The number of nitrogens with one attached hydrogen (secondary N) is 2. The molecule has 0 bridgehead atoms. The average molecular weight is 305 g/mol. The van der Waals surface area contributed by atoms with E-state index in [1.54, 1.807) is 12.5 Å². The van der Waals surface area contributed by atoms with E-state index in [0.29, 0.717) is 12.1 Å². The number of aromatic nitrogens is 4. The summed E-state index contributed by atoms with van der Waals surface area (Å²) >= 11 is 0. The van der Waals surface area contributed by atoms with Gasteiger partial charge in [-0.05, 0) is 0 Å². The number of carbonyl (C=O) groups excluding carboxylic acids is 1. The first-order valence-corrected chi connectivity index (χ1v) is 6.69. The molecule has 2 unspecified atom stereocenters. The molecule has 9 heteroatoms.